The minimum Gasteiger partial charge on any atom is -0.497 e. The summed E-state index contributed by atoms with van der Waals surface area (Å²) in [5.74, 6) is 0.462. The first-order valence-corrected chi connectivity index (χ1v) is 8.94. The Morgan fingerprint density at radius 3 is 2.36 bits per heavy atom. The van der Waals surface area contributed by atoms with Crippen LogP contribution in [0, 0.1) is 0 Å². The number of amides is 1. The van der Waals surface area contributed by atoms with Crippen LogP contribution in [-0.2, 0) is 4.74 Å². The zero-order valence-electron chi connectivity index (χ0n) is 16.1. The minimum atomic E-state index is -0.247. The van der Waals surface area contributed by atoms with E-state index in [4.69, 9.17) is 9.47 Å². The van der Waals surface area contributed by atoms with E-state index in [2.05, 4.69) is 24.2 Å². The Morgan fingerprint density at radius 2 is 1.84 bits per heavy atom. The Labute approximate surface area is 151 Å². The predicted octanol–water partition coefficient (Wildman–Crippen LogP) is 1.52. The first-order valence-electron chi connectivity index (χ1n) is 8.94. The lowest BCUT2D eigenvalue weighted by atomic mass is 10.2. The number of carbonyl (C=O) groups excluding carboxylic acids is 1. The van der Waals surface area contributed by atoms with Gasteiger partial charge >= 0.3 is 0 Å². The summed E-state index contributed by atoms with van der Waals surface area (Å²) in [5.41, 5.74) is 0.531. The average molecular weight is 350 g/mol. The van der Waals surface area contributed by atoms with Crippen molar-refractivity contribution >= 4 is 11.9 Å². The third-order valence-electron chi connectivity index (χ3n) is 4.26. The highest BCUT2D eigenvalue weighted by Gasteiger charge is 2.11. The van der Waals surface area contributed by atoms with E-state index in [0.717, 1.165) is 32.5 Å². The molecule has 0 aromatic heterocycles. The molecule has 1 aromatic carbocycles. The highest BCUT2D eigenvalue weighted by molar-refractivity contribution is 6.04. The van der Waals surface area contributed by atoms with Gasteiger partial charge in [0.25, 0.3) is 11.9 Å². The van der Waals surface area contributed by atoms with Crippen LogP contribution in [-0.4, -0.2) is 51.8 Å². The fourth-order valence-electron chi connectivity index (χ4n) is 2.56. The summed E-state index contributed by atoms with van der Waals surface area (Å²) in [7, 11) is 3.10. The molecule has 2 N–H and O–H groups in total. The maximum Gasteiger partial charge on any atom is 0.291 e. The van der Waals surface area contributed by atoms with E-state index in [-0.39, 0.29) is 18.0 Å². The number of aliphatic imine (C=N–C) groups is 1. The van der Waals surface area contributed by atoms with Gasteiger partial charge in [0, 0.05) is 5.56 Å². The van der Waals surface area contributed by atoms with Crippen LogP contribution < -0.4 is 15.0 Å². The number of methoxy groups -OCH3 is 2. The van der Waals surface area contributed by atoms with Gasteiger partial charge in [-0.05, 0) is 57.9 Å². The number of benzene rings is 1. The summed E-state index contributed by atoms with van der Waals surface area (Å²) < 4.78 is 10.3. The van der Waals surface area contributed by atoms with E-state index >= 15 is 0 Å². The van der Waals surface area contributed by atoms with Crippen LogP contribution in [0.4, 0.5) is 0 Å². The van der Waals surface area contributed by atoms with Gasteiger partial charge in [-0.1, -0.05) is 0 Å². The lowest BCUT2D eigenvalue weighted by Crippen LogP contribution is -3.11. The molecule has 0 saturated heterocycles. The quantitative estimate of drug-likeness (QED) is 0.524. The van der Waals surface area contributed by atoms with Crippen LogP contribution >= 0.6 is 0 Å². The number of ether oxygens (including phenoxy) is 2. The van der Waals surface area contributed by atoms with Gasteiger partial charge in [-0.15, -0.1) is 0 Å². The average Bonchev–Trinajstić information content (AvgIpc) is 2.64. The molecule has 1 amide bonds. The minimum absolute atomic E-state index is 0.0982. The summed E-state index contributed by atoms with van der Waals surface area (Å²) in [6.07, 6.45) is 2.07. The number of nitrogens with zero attached hydrogens (tertiary/aromatic N) is 1. The van der Waals surface area contributed by atoms with Crippen LogP contribution in [0.2, 0.25) is 0 Å². The third kappa shape index (κ3) is 7.56. The van der Waals surface area contributed by atoms with E-state index in [1.54, 1.807) is 36.3 Å². The smallest absolute Gasteiger partial charge is 0.291 e. The molecule has 0 radical (unpaired) electrons. The largest absolute Gasteiger partial charge is 0.497 e. The number of nitrogens with one attached hydrogen (secondary N) is 2. The van der Waals surface area contributed by atoms with Crippen molar-refractivity contribution < 1.29 is 19.2 Å². The number of quaternary nitrogens is 1. The summed E-state index contributed by atoms with van der Waals surface area (Å²) in [5, 5.41) is 2.72. The molecule has 25 heavy (non-hydrogen) atoms. The molecule has 1 rings (SSSR count). The maximum atomic E-state index is 12.3. The zero-order chi connectivity index (χ0) is 18.7. The second-order valence-corrected chi connectivity index (χ2v) is 6.02. The van der Waals surface area contributed by atoms with Crippen molar-refractivity contribution in [3.05, 3.63) is 29.8 Å². The molecule has 0 aliphatic carbocycles. The molecular weight excluding hydrogens is 318 g/mol. The Balaban J connectivity index is 2.55. The molecule has 1 atom stereocenters. The standard InChI is InChI=1S/C19H31N3O3/c1-6-22(7-2)14-8-9-15(3)20-19(25-5)21-18(23)16-10-12-17(24-4)13-11-16/h10-13,15H,6-9,14H2,1-5H3,(H,20,21,23)/p+1/t15-/m1/s1. The molecule has 6 nitrogen and oxygen atoms in total. The first-order chi connectivity index (χ1) is 12.0. The molecule has 6 heteroatoms. The Bertz CT molecular complexity index is 539. The summed E-state index contributed by atoms with van der Waals surface area (Å²) in [6.45, 7) is 9.89. The van der Waals surface area contributed by atoms with Crippen LogP contribution in [0.15, 0.2) is 29.3 Å². The SMILES string of the molecule is CC[NH+](CC)CCC[C@@H](C)N=C(NC(=O)c1ccc(OC)cc1)OC. The van der Waals surface area contributed by atoms with Gasteiger partial charge in [0.05, 0.1) is 39.9 Å². The second-order valence-electron chi connectivity index (χ2n) is 6.02. The van der Waals surface area contributed by atoms with Crippen LogP contribution in [0.5, 0.6) is 5.75 Å². The molecule has 0 bridgehead atoms. The molecule has 0 heterocycles. The molecule has 0 fully saturated rings. The van der Waals surface area contributed by atoms with Gasteiger partial charge in [-0.3, -0.25) is 10.1 Å². The summed E-state index contributed by atoms with van der Waals surface area (Å²) >= 11 is 0. The first kappa shape index (κ1) is 21.0. The van der Waals surface area contributed by atoms with Gasteiger partial charge in [-0.25, -0.2) is 4.99 Å². The Kier molecular flexibility index (Phi) is 9.62. The van der Waals surface area contributed by atoms with Gasteiger partial charge < -0.3 is 14.4 Å². The second kappa shape index (κ2) is 11.5. The number of hydrogen-bond donors (Lipinski definition) is 2. The van der Waals surface area contributed by atoms with Crippen molar-refractivity contribution in [3.8, 4) is 5.75 Å². The number of hydrogen-bond acceptors (Lipinski definition) is 4. The molecule has 0 saturated carbocycles. The zero-order valence-corrected chi connectivity index (χ0v) is 16.1. The maximum absolute atomic E-state index is 12.3. The molecule has 0 aliphatic heterocycles. The number of carbonyl (C=O) groups is 1. The van der Waals surface area contributed by atoms with Crippen molar-refractivity contribution in [3.63, 3.8) is 0 Å². The van der Waals surface area contributed by atoms with Gasteiger partial charge in [0.1, 0.15) is 5.75 Å². The van der Waals surface area contributed by atoms with Crippen LogP contribution in [0.3, 0.4) is 0 Å². The molecular formula is C19H32N3O3+. The van der Waals surface area contributed by atoms with E-state index in [9.17, 15) is 4.79 Å². The predicted molar refractivity (Wildman–Crippen MR) is 101 cm³/mol. The molecule has 1 aromatic rings. The van der Waals surface area contributed by atoms with E-state index in [1.165, 1.54) is 7.11 Å². The molecule has 0 aliphatic rings. The lowest BCUT2D eigenvalue weighted by Gasteiger charge is -2.16. The fraction of sp³-hybridized carbons (Fsp3) is 0.579. The fourth-order valence-corrected chi connectivity index (χ4v) is 2.56. The normalized spacial score (nSPS) is 12.8. The van der Waals surface area contributed by atoms with Gasteiger partial charge in [0.15, 0.2) is 0 Å². The van der Waals surface area contributed by atoms with Crippen molar-refractivity contribution in [2.45, 2.75) is 39.7 Å². The molecule has 0 spiro atoms. The van der Waals surface area contributed by atoms with Crippen LogP contribution in [0.1, 0.15) is 44.0 Å². The Morgan fingerprint density at radius 1 is 1.20 bits per heavy atom. The Hall–Kier alpha value is -2.08. The summed E-state index contributed by atoms with van der Waals surface area (Å²) in [6, 6.07) is 7.26. The topological polar surface area (TPSA) is 64.4 Å². The van der Waals surface area contributed by atoms with E-state index < -0.39 is 0 Å². The third-order valence-corrected chi connectivity index (χ3v) is 4.26. The van der Waals surface area contributed by atoms with Gasteiger partial charge in [0.2, 0.25) is 0 Å². The highest BCUT2D eigenvalue weighted by Crippen LogP contribution is 2.11. The molecule has 0 unspecified atom stereocenters. The van der Waals surface area contributed by atoms with Crippen molar-refractivity contribution in [1.82, 2.24) is 5.32 Å². The van der Waals surface area contributed by atoms with E-state index in [1.807, 2.05) is 6.92 Å². The number of rotatable bonds is 9. The summed E-state index contributed by atoms with van der Waals surface area (Å²) in [4.78, 5) is 18.3. The van der Waals surface area contributed by atoms with Crippen LogP contribution in [0.25, 0.3) is 0 Å². The highest BCUT2D eigenvalue weighted by atomic mass is 16.5. The van der Waals surface area contributed by atoms with Crippen molar-refractivity contribution in [2.75, 3.05) is 33.9 Å². The monoisotopic (exact) mass is 350 g/mol. The van der Waals surface area contributed by atoms with Gasteiger partial charge in [-0.2, -0.15) is 0 Å². The lowest BCUT2D eigenvalue weighted by molar-refractivity contribution is -0.896. The number of amidine groups is 1. The van der Waals surface area contributed by atoms with Crippen molar-refractivity contribution in [1.29, 1.82) is 0 Å². The molecule has 140 valence electrons. The van der Waals surface area contributed by atoms with E-state index in [0.29, 0.717) is 11.3 Å². The van der Waals surface area contributed by atoms with Crippen molar-refractivity contribution in [2.24, 2.45) is 4.99 Å².